The van der Waals surface area contributed by atoms with Gasteiger partial charge in [-0.15, -0.1) is 0 Å². The Morgan fingerprint density at radius 3 is 2.62 bits per heavy atom. The smallest absolute Gasteiger partial charge is 0.353 e. The number of hydrogen-bond acceptors (Lipinski definition) is 4. The third-order valence-electron chi connectivity index (χ3n) is 2.70. The van der Waals surface area contributed by atoms with E-state index in [1.807, 2.05) is 30.3 Å². The quantitative estimate of drug-likeness (QED) is 0.733. The Bertz CT molecular complexity index is 727. The highest BCUT2D eigenvalue weighted by Gasteiger charge is 2.20. The Labute approximate surface area is 121 Å². The van der Waals surface area contributed by atoms with E-state index in [0.717, 1.165) is 15.9 Å². The van der Waals surface area contributed by atoms with Crippen molar-refractivity contribution in [3.63, 3.8) is 0 Å². The normalized spacial score (nSPS) is 11.5. The highest BCUT2D eigenvalue weighted by molar-refractivity contribution is 7.90. The van der Waals surface area contributed by atoms with Gasteiger partial charge >= 0.3 is 16.2 Å². The molecule has 8 nitrogen and oxygen atoms in total. The van der Waals surface area contributed by atoms with Gasteiger partial charge in [0.2, 0.25) is 0 Å². The average Bonchev–Trinajstić information content (AvgIpc) is 2.88. The monoisotopic (exact) mass is 310 g/mol. The van der Waals surface area contributed by atoms with Gasteiger partial charge in [0.25, 0.3) is 0 Å². The number of H-pyrrole nitrogens is 1. The van der Waals surface area contributed by atoms with E-state index in [0.29, 0.717) is 0 Å². The lowest BCUT2D eigenvalue weighted by atomic mass is 10.2. The van der Waals surface area contributed by atoms with E-state index >= 15 is 0 Å². The molecule has 0 spiro atoms. The molecule has 1 heterocycles. The van der Waals surface area contributed by atoms with Crippen molar-refractivity contribution in [2.45, 2.75) is 6.54 Å². The molecule has 0 atom stereocenters. The number of anilines is 1. The molecule has 0 aliphatic heterocycles. The summed E-state index contributed by atoms with van der Waals surface area (Å²) < 4.78 is 27.5. The van der Waals surface area contributed by atoms with Crippen molar-refractivity contribution in [1.82, 2.24) is 14.5 Å². The molecule has 2 aromatic rings. The average molecular weight is 310 g/mol. The van der Waals surface area contributed by atoms with Crippen LogP contribution in [0.15, 0.2) is 36.4 Å². The molecule has 3 N–H and O–H groups in total. The Morgan fingerprint density at radius 1 is 1.38 bits per heavy atom. The van der Waals surface area contributed by atoms with Crippen LogP contribution in [0, 0.1) is 0 Å². The first-order valence-corrected chi connectivity index (χ1v) is 7.39. The van der Waals surface area contributed by atoms with Gasteiger partial charge in [-0.25, -0.2) is 4.79 Å². The summed E-state index contributed by atoms with van der Waals surface area (Å²) in [6.45, 7) is 0.187. The summed E-state index contributed by atoms with van der Waals surface area (Å²) in [7, 11) is -2.40. The summed E-state index contributed by atoms with van der Waals surface area (Å²) in [6.07, 6.45) is 0. The minimum absolute atomic E-state index is 0.0766. The molecule has 0 saturated carbocycles. The number of nitrogens with one attached hydrogen (secondary N) is 2. The lowest BCUT2D eigenvalue weighted by molar-refractivity contribution is 0.0690. The van der Waals surface area contributed by atoms with E-state index in [4.69, 9.17) is 5.11 Å². The zero-order chi connectivity index (χ0) is 15.5. The first kappa shape index (κ1) is 15.0. The summed E-state index contributed by atoms with van der Waals surface area (Å²) in [5.41, 5.74) is 0.636. The predicted molar refractivity (Wildman–Crippen MR) is 76.0 cm³/mol. The van der Waals surface area contributed by atoms with E-state index < -0.39 is 16.2 Å². The number of rotatable bonds is 6. The number of carboxylic acid groups (broad SMARTS) is 1. The van der Waals surface area contributed by atoms with Gasteiger partial charge in [-0.05, 0) is 5.56 Å². The summed E-state index contributed by atoms with van der Waals surface area (Å²) in [5, 5.41) is 14.6. The van der Waals surface area contributed by atoms with Crippen molar-refractivity contribution >= 4 is 22.0 Å². The molecule has 0 aliphatic rings. The van der Waals surface area contributed by atoms with Crippen molar-refractivity contribution in [3.05, 3.63) is 47.7 Å². The van der Waals surface area contributed by atoms with E-state index in [1.54, 1.807) is 0 Å². The number of benzene rings is 1. The molecule has 0 fully saturated rings. The lowest BCUT2D eigenvalue weighted by Crippen LogP contribution is -2.32. The highest BCUT2D eigenvalue weighted by atomic mass is 32.2. The van der Waals surface area contributed by atoms with Crippen LogP contribution in [0.25, 0.3) is 0 Å². The molecule has 0 saturated heterocycles. The summed E-state index contributed by atoms with van der Waals surface area (Å²) >= 11 is 0. The third-order valence-corrected chi connectivity index (χ3v) is 4.12. The molecule has 112 valence electrons. The Balaban J connectivity index is 2.08. The van der Waals surface area contributed by atoms with E-state index in [2.05, 4.69) is 14.9 Å². The Morgan fingerprint density at radius 2 is 2.05 bits per heavy atom. The van der Waals surface area contributed by atoms with Gasteiger partial charge in [-0.1, -0.05) is 30.3 Å². The zero-order valence-corrected chi connectivity index (χ0v) is 12.0. The number of hydrogen-bond donors (Lipinski definition) is 3. The number of carbonyl (C=O) groups is 1. The van der Waals surface area contributed by atoms with Crippen LogP contribution in [0.1, 0.15) is 16.1 Å². The zero-order valence-electron chi connectivity index (χ0n) is 11.1. The topological polar surface area (TPSA) is 115 Å². The van der Waals surface area contributed by atoms with Crippen LogP contribution in [0.2, 0.25) is 0 Å². The fourth-order valence-corrected chi connectivity index (χ4v) is 2.46. The van der Waals surface area contributed by atoms with Gasteiger partial charge in [0.15, 0.2) is 5.82 Å². The van der Waals surface area contributed by atoms with Gasteiger partial charge in [0.05, 0.1) is 0 Å². The van der Waals surface area contributed by atoms with Gasteiger partial charge in [0, 0.05) is 19.7 Å². The molecule has 0 unspecified atom stereocenters. The number of aromatic amines is 1. The van der Waals surface area contributed by atoms with Gasteiger partial charge in [-0.3, -0.25) is 9.82 Å². The molecule has 0 amide bonds. The van der Waals surface area contributed by atoms with Crippen LogP contribution in [0.3, 0.4) is 0 Å². The minimum Gasteiger partial charge on any atom is -0.477 e. The lowest BCUT2D eigenvalue weighted by Gasteiger charge is -2.17. The van der Waals surface area contributed by atoms with Crippen molar-refractivity contribution < 1.29 is 18.3 Å². The predicted octanol–water partition coefficient (Wildman–Crippen LogP) is 0.897. The van der Waals surface area contributed by atoms with Gasteiger partial charge in [-0.2, -0.15) is 17.8 Å². The first-order chi connectivity index (χ1) is 9.88. The molecule has 1 aromatic carbocycles. The SMILES string of the molecule is CN(Cc1ccccc1)S(=O)(=O)Nc1cc(C(=O)O)[nH]n1. The number of aromatic carboxylic acids is 1. The highest BCUT2D eigenvalue weighted by Crippen LogP contribution is 2.12. The molecule has 0 bridgehead atoms. The van der Waals surface area contributed by atoms with E-state index in [9.17, 15) is 13.2 Å². The molecular formula is C12H14N4O4S. The maximum atomic E-state index is 12.1. The van der Waals surface area contributed by atoms with Crippen LogP contribution in [0.4, 0.5) is 5.82 Å². The van der Waals surface area contributed by atoms with E-state index in [-0.39, 0.29) is 18.1 Å². The summed E-state index contributed by atoms with van der Waals surface area (Å²) in [4.78, 5) is 10.7. The molecule has 9 heteroatoms. The van der Waals surface area contributed by atoms with Crippen molar-refractivity contribution in [2.75, 3.05) is 11.8 Å². The standard InChI is InChI=1S/C12H14N4O4S/c1-16(8-9-5-3-2-4-6-9)21(19,20)15-11-7-10(12(17)18)13-14-11/h2-7H,8H2,1H3,(H,17,18)(H2,13,14,15). The number of aromatic nitrogens is 2. The van der Waals surface area contributed by atoms with Crippen LogP contribution >= 0.6 is 0 Å². The second-order valence-corrected chi connectivity index (χ2v) is 6.10. The number of carboxylic acids is 1. The van der Waals surface area contributed by atoms with Crippen LogP contribution in [-0.4, -0.2) is 41.0 Å². The molecule has 21 heavy (non-hydrogen) atoms. The fourth-order valence-electron chi connectivity index (χ4n) is 1.62. The van der Waals surface area contributed by atoms with Crippen LogP contribution < -0.4 is 4.72 Å². The fraction of sp³-hybridized carbons (Fsp3) is 0.167. The Kier molecular flexibility index (Phi) is 4.24. The molecule has 0 aliphatic carbocycles. The largest absolute Gasteiger partial charge is 0.477 e. The van der Waals surface area contributed by atoms with Crippen molar-refractivity contribution in [3.8, 4) is 0 Å². The minimum atomic E-state index is -3.82. The van der Waals surface area contributed by atoms with E-state index in [1.165, 1.54) is 7.05 Å². The van der Waals surface area contributed by atoms with Crippen molar-refractivity contribution in [1.29, 1.82) is 0 Å². The second kappa shape index (κ2) is 5.94. The summed E-state index contributed by atoms with van der Waals surface area (Å²) in [6, 6.07) is 10.2. The van der Waals surface area contributed by atoms with Gasteiger partial charge in [0.1, 0.15) is 5.69 Å². The van der Waals surface area contributed by atoms with Crippen molar-refractivity contribution in [2.24, 2.45) is 0 Å². The maximum Gasteiger partial charge on any atom is 0.353 e. The van der Waals surface area contributed by atoms with Crippen LogP contribution in [0.5, 0.6) is 0 Å². The molecule has 2 rings (SSSR count). The third kappa shape index (κ3) is 3.80. The van der Waals surface area contributed by atoms with Gasteiger partial charge < -0.3 is 5.11 Å². The maximum absolute atomic E-state index is 12.1. The number of nitrogens with zero attached hydrogens (tertiary/aromatic N) is 2. The van der Waals surface area contributed by atoms with Crippen LogP contribution in [-0.2, 0) is 16.8 Å². The Hall–Kier alpha value is -2.39. The molecule has 1 aromatic heterocycles. The second-order valence-electron chi connectivity index (χ2n) is 4.32. The first-order valence-electron chi connectivity index (χ1n) is 5.95. The molecular weight excluding hydrogens is 296 g/mol. The summed E-state index contributed by atoms with van der Waals surface area (Å²) in [5.74, 6) is -1.29. The molecule has 0 radical (unpaired) electrons.